The topological polar surface area (TPSA) is 87.7 Å². The summed E-state index contributed by atoms with van der Waals surface area (Å²) in [5, 5.41) is 2.82. The number of benzene rings is 1. The van der Waals surface area contributed by atoms with Gasteiger partial charge in [0.2, 0.25) is 15.9 Å². The number of nitrogens with zero attached hydrogens (tertiary/aromatic N) is 1. The predicted molar refractivity (Wildman–Crippen MR) is 110 cm³/mol. The molecule has 1 fully saturated rings. The summed E-state index contributed by atoms with van der Waals surface area (Å²) < 4.78 is 32.3. The first-order chi connectivity index (χ1) is 13.2. The van der Waals surface area contributed by atoms with E-state index in [1.54, 1.807) is 19.1 Å². The first-order valence-corrected chi connectivity index (χ1v) is 11.4. The molecule has 8 heteroatoms. The van der Waals surface area contributed by atoms with Crippen LogP contribution in [0.25, 0.3) is 0 Å². The van der Waals surface area contributed by atoms with Crippen molar-refractivity contribution in [2.45, 2.75) is 44.6 Å². The summed E-state index contributed by atoms with van der Waals surface area (Å²) >= 11 is 0. The van der Waals surface area contributed by atoms with E-state index in [1.807, 2.05) is 0 Å². The number of nitrogens with one attached hydrogen (secondary N) is 2. The van der Waals surface area contributed by atoms with Crippen LogP contribution in [0.2, 0.25) is 0 Å². The molecule has 1 aromatic rings. The standard InChI is InChI=1S/C20H33N3O4S/c1-15-12-16(2)14-23(13-15)11-5-10-21-20(24)17(3)22-28(25,26)19-8-6-18(27-4)7-9-19/h6-9,15-17,22H,5,10-14H2,1-4H3,(H,21,24)/t15?,16?,17-/m0/s1. The fourth-order valence-corrected chi connectivity index (χ4v) is 4.95. The van der Waals surface area contributed by atoms with Gasteiger partial charge in [-0.25, -0.2) is 8.42 Å². The minimum atomic E-state index is -3.76. The van der Waals surface area contributed by atoms with Gasteiger partial charge in [-0.3, -0.25) is 4.79 Å². The molecule has 1 heterocycles. The van der Waals surface area contributed by atoms with E-state index in [0.29, 0.717) is 24.1 Å². The molecule has 0 aromatic heterocycles. The summed E-state index contributed by atoms with van der Waals surface area (Å²) in [6.07, 6.45) is 2.13. The zero-order chi connectivity index (χ0) is 20.7. The van der Waals surface area contributed by atoms with Crippen molar-refractivity contribution < 1.29 is 17.9 Å². The second-order valence-corrected chi connectivity index (χ2v) is 9.58. The molecule has 158 valence electrons. The van der Waals surface area contributed by atoms with Crippen molar-refractivity contribution in [1.82, 2.24) is 14.9 Å². The number of amides is 1. The summed E-state index contributed by atoms with van der Waals surface area (Å²) in [4.78, 5) is 14.8. The van der Waals surface area contributed by atoms with E-state index in [2.05, 4.69) is 28.8 Å². The van der Waals surface area contributed by atoms with Crippen LogP contribution in [0.15, 0.2) is 29.2 Å². The van der Waals surface area contributed by atoms with Crippen molar-refractivity contribution in [3.05, 3.63) is 24.3 Å². The van der Waals surface area contributed by atoms with Gasteiger partial charge in [0.15, 0.2) is 0 Å². The molecular formula is C20H33N3O4S. The first-order valence-electron chi connectivity index (χ1n) is 9.87. The van der Waals surface area contributed by atoms with E-state index < -0.39 is 16.1 Å². The van der Waals surface area contributed by atoms with Crippen molar-refractivity contribution in [2.75, 3.05) is 33.3 Å². The number of hydrogen-bond donors (Lipinski definition) is 2. The first kappa shape index (κ1) is 22.6. The van der Waals surface area contributed by atoms with Crippen molar-refractivity contribution >= 4 is 15.9 Å². The molecule has 0 bridgehead atoms. The molecule has 1 amide bonds. The van der Waals surface area contributed by atoms with Crippen LogP contribution < -0.4 is 14.8 Å². The highest BCUT2D eigenvalue weighted by Crippen LogP contribution is 2.20. The lowest BCUT2D eigenvalue weighted by molar-refractivity contribution is -0.122. The van der Waals surface area contributed by atoms with Gasteiger partial charge in [0.25, 0.3) is 0 Å². The number of piperidine rings is 1. The van der Waals surface area contributed by atoms with Crippen LogP contribution in [0.4, 0.5) is 0 Å². The van der Waals surface area contributed by atoms with E-state index in [0.717, 1.165) is 26.1 Å². The molecule has 0 aliphatic carbocycles. The molecule has 3 atom stereocenters. The van der Waals surface area contributed by atoms with Crippen LogP contribution in [-0.2, 0) is 14.8 Å². The summed E-state index contributed by atoms with van der Waals surface area (Å²) in [6, 6.07) is 5.20. The van der Waals surface area contributed by atoms with E-state index in [-0.39, 0.29) is 10.8 Å². The van der Waals surface area contributed by atoms with Gasteiger partial charge in [-0.1, -0.05) is 13.8 Å². The summed E-state index contributed by atoms with van der Waals surface area (Å²) in [5.74, 6) is 1.68. The fourth-order valence-electron chi connectivity index (χ4n) is 3.75. The average molecular weight is 412 g/mol. The maximum absolute atomic E-state index is 12.4. The van der Waals surface area contributed by atoms with Crippen molar-refractivity contribution in [1.29, 1.82) is 0 Å². The molecule has 2 N–H and O–H groups in total. The third-order valence-electron chi connectivity index (χ3n) is 4.99. The lowest BCUT2D eigenvalue weighted by Gasteiger charge is -2.34. The van der Waals surface area contributed by atoms with E-state index in [9.17, 15) is 13.2 Å². The van der Waals surface area contributed by atoms with Gasteiger partial charge in [0, 0.05) is 19.6 Å². The smallest absolute Gasteiger partial charge is 0.241 e. The highest BCUT2D eigenvalue weighted by Gasteiger charge is 2.23. The maximum atomic E-state index is 12.4. The summed E-state index contributed by atoms with van der Waals surface area (Å²) in [5.41, 5.74) is 0. The SMILES string of the molecule is COc1ccc(S(=O)(=O)N[C@@H](C)C(=O)NCCCN2CC(C)CC(C)C2)cc1. The Kier molecular flexibility index (Phi) is 8.27. The van der Waals surface area contributed by atoms with Gasteiger partial charge < -0.3 is 15.0 Å². The van der Waals surface area contributed by atoms with Crippen molar-refractivity contribution in [2.24, 2.45) is 11.8 Å². The number of carbonyl (C=O) groups is 1. The number of likely N-dealkylation sites (tertiary alicyclic amines) is 1. The van der Waals surface area contributed by atoms with Crippen LogP contribution >= 0.6 is 0 Å². The molecule has 0 saturated carbocycles. The molecule has 28 heavy (non-hydrogen) atoms. The monoisotopic (exact) mass is 411 g/mol. The normalized spacial score (nSPS) is 21.9. The number of hydrogen-bond acceptors (Lipinski definition) is 5. The van der Waals surface area contributed by atoms with Gasteiger partial charge in [-0.2, -0.15) is 4.72 Å². The molecule has 1 aromatic carbocycles. The van der Waals surface area contributed by atoms with Crippen molar-refractivity contribution in [3.8, 4) is 5.75 Å². The van der Waals surface area contributed by atoms with Gasteiger partial charge in [-0.15, -0.1) is 0 Å². The molecule has 1 aliphatic heterocycles. The third-order valence-corrected chi connectivity index (χ3v) is 6.55. The van der Waals surface area contributed by atoms with Gasteiger partial charge in [0.05, 0.1) is 18.0 Å². The van der Waals surface area contributed by atoms with E-state index >= 15 is 0 Å². The number of ether oxygens (including phenoxy) is 1. The predicted octanol–water partition coefficient (Wildman–Crippen LogP) is 1.85. The Morgan fingerprint density at radius 3 is 2.39 bits per heavy atom. The number of methoxy groups -OCH3 is 1. The highest BCUT2D eigenvalue weighted by molar-refractivity contribution is 7.89. The molecule has 0 radical (unpaired) electrons. The fraction of sp³-hybridized carbons (Fsp3) is 0.650. The minimum absolute atomic E-state index is 0.0984. The maximum Gasteiger partial charge on any atom is 0.241 e. The van der Waals surface area contributed by atoms with Gasteiger partial charge >= 0.3 is 0 Å². The zero-order valence-corrected chi connectivity index (χ0v) is 18.1. The quantitative estimate of drug-likeness (QED) is 0.606. The van der Waals surface area contributed by atoms with E-state index in [1.165, 1.54) is 25.7 Å². The molecule has 1 saturated heterocycles. The lowest BCUT2D eigenvalue weighted by Crippen LogP contribution is -2.45. The number of sulfonamides is 1. The molecule has 2 rings (SSSR count). The number of rotatable bonds is 9. The third kappa shape index (κ3) is 6.76. The highest BCUT2D eigenvalue weighted by atomic mass is 32.2. The Bertz CT molecular complexity index is 726. The Balaban J connectivity index is 1.75. The van der Waals surface area contributed by atoms with Gasteiger partial charge in [0.1, 0.15) is 5.75 Å². The second-order valence-electron chi connectivity index (χ2n) is 7.87. The molecule has 7 nitrogen and oxygen atoms in total. The lowest BCUT2D eigenvalue weighted by atomic mass is 9.92. The molecular weight excluding hydrogens is 378 g/mol. The Hall–Kier alpha value is -1.64. The van der Waals surface area contributed by atoms with Crippen LogP contribution in [-0.4, -0.2) is 58.6 Å². The summed E-state index contributed by atoms with van der Waals surface area (Å²) in [6.45, 7) is 9.80. The molecule has 1 aliphatic rings. The van der Waals surface area contributed by atoms with Crippen molar-refractivity contribution in [3.63, 3.8) is 0 Å². The largest absolute Gasteiger partial charge is 0.497 e. The van der Waals surface area contributed by atoms with Crippen LogP contribution in [0.3, 0.4) is 0 Å². The average Bonchev–Trinajstić information content (AvgIpc) is 2.64. The molecule has 2 unspecified atom stereocenters. The van der Waals surface area contributed by atoms with Crippen LogP contribution in [0.5, 0.6) is 5.75 Å². The van der Waals surface area contributed by atoms with Crippen LogP contribution in [0.1, 0.15) is 33.6 Å². The van der Waals surface area contributed by atoms with Gasteiger partial charge in [-0.05, 0) is 62.4 Å². The minimum Gasteiger partial charge on any atom is -0.497 e. The Morgan fingerprint density at radius 2 is 1.82 bits per heavy atom. The Labute approximate surface area is 168 Å². The van der Waals surface area contributed by atoms with Crippen LogP contribution in [0, 0.1) is 11.8 Å². The number of carbonyl (C=O) groups excluding carboxylic acids is 1. The second kappa shape index (κ2) is 10.2. The summed E-state index contributed by atoms with van der Waals surface area (Å²) in [7, 11) is -2.25. The molecule has 0 spiro atoms. The Morgan fingerprint density at radius 1 is 1.21 bits per heavy atom. The van der Waals surface area contributed by atoms with E-state index in [4.69, 9.17) is 4.74 Å². The zero-order valence-electron chi connectivity index (χ0n) is 17.3.